The van der Waals surface area contributed by atoms with Crippen LogP contribution in [-0.2, 0) is 12.8 Å². The van der Waals surface area contributed by atoms with Crippen molar-refractivity contribution in [1.82, 2.24) is 10.4 Å². The molecule has 0 amide bonds. The van der Waals surface area contributed by atoms with Gasteiger partial charge in [-0.05, 0) is 30.2 Å². The molecule has 3 N–H and O–H groups in total. The molecule has 0 bridgehead atoms. The highest BCUT2D eigenvalue weighted by Crippen LogP contribution is 2.23. The Hall–Kier alpha value is -1.85. The van der Waals surface area contributed by atoms with Crippen molar-refractivity contribution in [3.05, 3.63) is 65.0 Å². The Bertz CT molecular complexity index is 567. The summed E-state index contributed by atoms with van der Waals surface area (Å²) in [6, 6.07) is 7.16. The lowest BCUT2D eigenvalue weighted by molar-refractivity contribution is 0.490. The van der Waals surface area contributed by atoms with Crippen molar-refractivity contribution < 1.29 is 8.78 Å². The van der Waals surface area contributed by atoms with E-state index in [0.717, 1.165) is 17.7 Å². The molecular weight excluding hydrogens is 260 g/mol. The number of hydrogen-bond acceptors (Lipinski definition) is 3. The van der Waals surface area contributed by atoms with E-state index in [0.29, 0.717) is 0 Å². The van der Waals surface area contributed by atoms with Crippen molar-refractivity contribution in [2.24, 2.45) is 5.84 Å². The number of nitrogens with two attached hydrogens (primary N) is 1. The first kappa shape index (κ1) is 14.6. The number of nitrogens with one attached hydrogen (secondary N) is 1. The molecule has 1 atom stereocenters. The number of nitrogens with zero attached hydrogens (tertiary/aromatic N) is 1. The summed E-state index contributed by atoms with van der Waals surface area (Å²) in [7, 11) is 0. The minimum absolute atomic E-state index is 0.0168. The van der Waals surface area contributed by atoms with Gasteiger partial charge < -0.3 is 0 Å². The fraction of sp³-hybridized carbons (Fsp3) is 0.267. The molecule has 0 aliphatic heterocycles. The van der Waals surface area contributed by atoms with Crippen molar-refractivity contribution >= 4 is 0 Å². The lowest BCUT2D eigenvalue weighted by atomic mass is 9.98. The van der Waals surface area contributed by atoms with Crippen LogP contribution in [0.25, 0.3) is 0 Å². The summed E-state index contributed by atoms with van der Waals surface area (Å²) in [5.74, 6) is 4.40. The summed E-state index contributed by atoms with van der Waals surface area (Å²) in [5, 5.41) is 0. The summed E-state index contributed by atoms with van der Waals surface area (Å²) in [4.78, 5) is 4.29. The molecule has 1 aromatic carbocycles. The second-order valence-electron chi connectivity index (χ2n) is 4.52. The Labute approximate surface area is 116 Å². The zero-order chi connectivity index (χ0) is 14.5. The van der Waals surface area contributed by atoms with Crippen LogP contribution in [0.2, 0.25) is 0 Å². The quantitative estimate of drug-likeness (QED) is 0.652. The second kappa shape index (κ2) is 6.54. The van der Waals surface area contributed by atoms with E-state index in [1.165, 1.54) is 18.2 Å². The van der Waals surface area contributed by atoms with E-state index in [1.54, 1.807) is 6.20 Å². The normalized spacial score (nSPS) is 12.4. The van der Waals surface area contributed by atoms with Crippen molar-refractivity contribution in [3.63, 3.8) is 0 Å². The smallest absolute Gasteiger partial charge is 0.129 e. The van der Waals surface area contributed by atoms with E-state index in [2.05, 4.69) is 10.4 Å². The number of hydrazine groups is 1. The number of rotatable bonds is 5. The van der Waals surface area contributed by atoms with Gasteiger partial charge in [0.2, 0.25) is 0 Å². The topological polar surface area (TPSA) is 50.9 Å². The zero-order valence-corrected chi connectivity index (χ0v) is 11.2. The molecule has 5 heteroatoms. The van der Waals surface area contributed by atoms with E-state index in [-0.39, 0.29) is 12.0 Å². The van der Waals surface area contributed by atoms with Gasteiger partial charge in [0.1, 0.15) is 11.6 Å². The largest absolute Gasteiger partial charge is 0.271 e. The third-order valence-electron chi connectivity index (χ3n) is 3.31. The fourth-order valence-corrected chi connectivity index (χ4v) is 2.23. The van der Waals surface area contributed by atoms with Crippen LogP contribution in [0.1, 0.15) is 29.8 Å². The van der Waals surface area contributed by atoms with Crippen LogP contribution in [0.15, 0.2) is 36.5 Å². The molecule has 20 heavy (non-hydrogen) atoms. The summed E-state index contributed by atoms with van der Waals surface area (Å²) in [6.07, 6.45) is 2.54. The number of aryl methyl sites for hydroxylation is 1. The fourth-order valence-electron chi connectivity index (χ4n) is 2.23. The Morgan fingerprint density at radius 2 is 1.90 bits per heavy atom. The Balaban J connectivity index is 2.34. The van der Waals surface area contributed by atoms with Gasteiger partial charge in [0.05, 0.1) is 11.7 Å². The first-order chi connectivity index (χ1) is 9.67. The molecule has 3 nitrogen and oxygen atoms in total. The van der Waals surface area contributed by atoms with Crippen LogP contribution in [0, 0.1) is 11.6 Å². The SMILES string of the molecule is CCc1cccnc1C(Cc1c(F)cccc1F)NN. The maximum Gasteiger partial charge on any atom is 0.129 e. The van der Waals surface area contributed by atoms with E-state index in [4.69, 9.17) is 5.84 Å². The average Bonchev–Trinajstić information content (AvgIpc) is 2.47. The van der Waals surface area contributed by atoms with Gasteiger partial charge in [0.15, 0.2) is 0 Å². The van der Waals surface area contributed by atoms with Gasteiger partial charge in [-0.25, -0.2) is 8.78 Å². The molecule has 0 aliphatic rings. The molecule has 2 rings (SSSR count). The third kappa shape index (κ3) is 3.00. The maximum absolute atomic E-state index is 13.7. The Morgan fingerprint density at radius 1 is 1.20 bits per heavy atom. The molecule has 106 valence electrons. The first-order valence-corrected chi connectivity index (χ1v) is 6.50. The highest BCUT2D eigenvalue weighted by atomic mass is 19.1. The predicted molar refractivity (Wildman–Crippen MR) is 73.7 cm³/mol. The highest BCUT2D eigenvalue weighted by Gasteiger charge is 2.19. The molecule has 0 fully saturated rings. The molecule has 0 saturated heterocycles. The van der Waals surface area contributed by atoms with Gasteiger partial charge in [0.25, 0.3) is 0 Å². The lowest BCUT2D eigenvalue weighted by Gasteiger charge is -2.18. The number of pyridine rings is 1. The van der Waals surface area contributed by atoms with Crippen LogP contribution in [0.3, 0.4) is 0 Å². The van der Waals surface area contributed by atoms with Gasteiger partial charge in [-0.15, -0.1) is 0 Å². The number of benzene rings is 1. The molecule has 0 saturated carbocycles. The number of aromatic nitrogens is 1. The minimum Gasteiger partial charge on any atom is -0.271 e. The van der Waals surface area contributed by atoms with Gasteiger partial charge in [-0.3, -0.25) is 16.3 Å². The van der Waals surface area contributed by atoms with E-state index >= 15 is 0 Å². The molecule has 1 unspecified atom stereocenters. The average molecular weight is 277 g/mol. The van der Waals surface area contributed by atoms with Gasteiger partial charge in [-0.1, -0.05) is 19.1 Å². The molecule has 1 aromatic heterocycles. The third-order valence-corrected chi connectivity index (χ3v) is 3.31. The van der Waals surface area contributed by atoms with Crippen molar-refractivity contribution in [2.45, 2.75) is 25.8 Å². The van der Waals surface area contributed by atoms with Crippen LogP contribution in [-0.4, -0.2) is 4.98 Å². The molecular formula is C15H17F2N3. The van der Waals surface area contributed by atoms with Crippen LogP contribution >= 0.6 is 0 Å². The number of hydrogen-bond donors (Lipinski definition) is 2. The highest BCUT2D eigenvalue weighted by molar-refractivity contribution is 5.27. The predicted octanol–water partition coefficient (Wildman–Crippen LogP) is 2.67. The molecule has 0 spiro atoms. The van der Waals surface area contributed by atoms with E-state index in [1.807, 2.05) is 19.1 Å². The minimum atomic E-state index is -0.570. The number of halogens is 2. The van der Waals surface area contributed by atoms with Gasteiger partial charge in [0, 0.05) is 18.2 Å². The maximum atomic E-state index is 13.7. The molecule has 0 aliphatic carbocycles. The van der Waals surface area contributed by atoms with Gasteiger partial charge in [-0.2, -0.15) is 0 Å². The van der Waals surface area contributed by atoms with E-state index in [9.17, 15) is 8.78 Å². The monoisotopic (exact) mass is 277 g/mol. The molecule has 1 heterocycles. The summed E-state index contributed by atoms with van der Waals surface area (Å²) in [5.41, 5.74) is 4.35. The van der Waals surface area contributed by atoms with Crippen molar-refractivity contribution in [3.8, 4) is 0 Å². The van der Waals surface area contributed by atoms with Gasteiger partial charge >= 0.3 is 0 Å². The summed E-state index contributed by atoms with van der Waals surface area (Å²) in [6.45, 7) is 2.00. The van der Waals surface area contributed by atoms with Crippen molar-refractivity contribution in [2.75, 3.05) is 0 Å². The molecule has 2 aromatic rings. The zero-order valence-electron chi connectivity index (χ0n) is 11.2. The standard InChI is InChI=1S/C15H17F2N3/c1-2-10-5-4-8-19-15(10)14(20-18)9-11-12(16)6-3-7-13(11)17/h3-8,14,20H,2,9,18H2,1H3. The van der Waals surface area contributed by atoms with E-state index < -0.39 is 17.7 Å². The van der Waals surface area contributed by atoms with Crippen LogP contribution < -0.4 is 11.3 Å². The second-order valence-corrected chi connectivity index (χ2v) is 4.52. The lowest BCUT2D eigenvalue weighted by Crippen LogP contribution is -2.31. The Morgan fingerprint density at radius 3 is 2.50 bits per heavy atom. The summed E-state index contributed by atoms with van der Waals surface area (Å²) < 4.78 is 27.4. The Kier molecular flexibility index (Phi) is 4.76. The van der Waals surface area contributed by atoms with Crippen LogP contribution in [0.5, 0.6) is 0 Å². The molecule has 0 radical (unpaired) electrons. The summed E-state index contributed by atoms with van der Waals surface area (Å²) >= 11 is 0. The van der Waals surface area contributed by atoms with Crippen molar-refractivity contribution in [1.29, 1.82) is 0 Å². The first-order valence-electron chi connectivity index (χ1n) is 6.50. The van der Waals surface area contributed by atoms with Crippen LogP contribution in [0.4, 0.5) is 8.78 Å².